The van der Waals surface area contributed by atoms with Crippen LogP contribution in [0.15, 0.2) is 0 Å². The molecule has 0 saturated heterocycles. The highest BCUT2D eigenvalue weighted by molar-refractivity contribution is 4.36. The third-order valence-electron chi connectivity index (χ3n) is 0.709. The lowest BCUT2D eigenvalue weighted by Gasteiger charge is -2.04. The number of hydrogen-bond acceptors (Lipinski definition) is 3. The standard InChI is InChI=1S/C6H14O3/c1-6(2)3-8-5-9-4-7/h6-7H,3-5H2,1-2H3. The van der Waals surface area contributed by atoms with Gasteiger partial charge >= 0.3 is 0 Å². The number of rotatable bonds is 5. The van der Waals surface area contributed by atoms with E-state index in [0.29, 0.717) is 12.5 Å². The Bertz CT molecular complexity index is 54.3. The molecule has 3 heteroatoms. The van der Waals surface area contributed by atoms with Crippen LogP contribution in [0.25, 0.3) is 0 Å². The molecule has 0 aromatic rings. The maximum absolute atomic E-state index is 8.13. The van der Waals surface area contributed by atoms with Crippen LogP contribution < -0.4 is 0 Å². The second kappa shape index (κ2) is 6.01. The van der Waals surface area contributed by atoms with Crippen LogP contribution in [0.2, 0.25) is 0 Å². The van der Waals surface area contributed by atoms with Crippen molar-refractivity contribution in [3.05, 3.63) is 0 Å². The van der Waals surface area contributed by atoms with Gasteiger partial charge in [-0.1, -0.05) is 13.8 Å². The summed E-state index contributed by atoms with van der Waals surface area (Å²) in [6.45, 7) is 4.71. The van der Waals surface area contributed by atoms with E-state index in [1.165, 1.54) is 0 Å². The van der Waals surface area contributed by atoms with Crippen molar-refractivity contribution in [3.8, 4) is 0 Å². The highest BCUT2D eigenvalue weighted by Gasteiger charge is 1.91. The van der Waals surface area contributed by atoms with Crippen molar-refractivity contribution in [1.82, 2.24) is 0 Å². The van der Waals surface area contributed by atoms with Crippen LogP contribution in [-0.2, 0) is 9.47 Å². The van der Waals surface area contributed by atoms with E-state index in [-0.39, 0.29) is 13.6 Å². The van der Waals surface area contributed by atoms with E-state index in [2.05, 4.69) is 18.6 Å². The molecule has 0 heterocycles. The molecule has 0 aromatic carbocycles. The van der Waals surface area contributed by atoms with E-state index >= 15 is 0 Å². The van der Waals surface area contributed by atoms with Gasteiger partial charge < -0.3 is 14.6 Å². The van der Waals surface area contributed by atoms with E-state index in [9.17, 15) is 0 Å². The maximum atomic E-state index is 8.13. The Balaban J connectivity index is 2.75. The predicted molar refractivity (Wildman–Crippen MR) is 33.8 cm³/mol. The molecule has 0 aliphatic heterocycles. The zero-order chi connectivity index (χ0) is 7.11. The lowest BCUT2D eigenvalue weighted by Crippen LogP contribution is -2.06. The molecule has 0 radical (unpaired) electrons. The molecule has 0 spiro atoms. The summed E-state index contributed by atoms with van der Waals surface area (Å²) >= 11 is 0. The number of hydrogen-bond donors (Lipinski definition) is 1. The minimum absolute atomic E-state index is 0.189. The molecule has 0 rings (SSSR count). The van der Waals surface area contributed by atoms with E-state index in [0.717, 1.165) is 0 Å². The summed E-state index contributed by atoms with van der Waals surface area (Å²) in [6.07, 6.45) is 0. The van der Waals surface area contributed by atoms with Gasteiger partial charge in [-0.3, -0.25) is 0 Å². The lowest BCUT2D eigenvalue weighted by atomic mass is 10.2. The molecular formula is C6H14O3. The van der Waals surface area contributed by atoms with Gasteiger partial charge in [0, 0.05) is 0 Å². The molecule has 9 heavy (non-hydrogen) atoms. The Kier molecular flexibility index (Phi) is 5.93. The first-order valence-electron chi connectivity index (χ1n) is 3.03. The molecule has 0 aliphatic rings. The summed E-state index contributed by atoms with van der Waals surface area (Å²) in [6, 6.07) is 0. The van der Waals surface area contributed by atoms with Gasteiger partial charge in [-0.15, -0.1) is 0 Å². The van der Waals surface area contributed by atoms with Gasteiger partial charge in [-0.25, -0.2) is 0 Å². The molecule has 0 aliphatic carbocycles. The molecule has 1 N–H and O–H groups in total. The van der Waals surface area contributed by atoms with Crippen LogP contribution in [0.3, 0.4) is 0 Å². The summed E-state index contributed by atoms with van der Waals surface area (Å²) in [7, 11) is 0. The highest BCUT2D eigenvalue weighted by atomic mass is 16.7. The van der Waals surface area contributed by atoms with Gasteiger partial charge in [-0.05, 0) is 5.92 Å². The van der Waals surface area contributed by atoms with Crippen molar-refractivity contribution >= 4 is 0 Å². The number of aliphatic hydroxyl groups is 1. The van der Waals surface area contributed by atoms with Crippen molar-refractivity contribution in [2.45, 2.75) is 13.8 Å². The van der Waals surface area contributed by atoms with Gasteiger partial charge in [0.25, 0.3) is 0 Å². The van der Waals surface area contributed by atoms with Crippen LogP contribution in [-0.4, -0.2) is 25.3 Å². The maximum Gasteiger partial charge on any atom is 0.149 e. The summed E-state index contributed by atoms with van der Waals surface area (Å²) in [4.78, 5) is 0. The predicted octanol–water partition coefficient (Wildman–Crippen LogP) is 0.583. The minimum Gasteiger partial charge on any atom is -0.371 e. The molecule has 0 unspecified atom stereocenters. The summed E-state index contributed by atoms with van der Waals surface area (Å²) in [5.74, 6) is 0.521. The Hall–Kier alpha value is -0.120. The van der Waals surface area contributed by atoms with Gasteiger partial charge in [0.15, 0.2) is 0 Å². The molecular weight excluding hydrogens is 120 g/mol. The van der Waals surface area contributed by atoms with Crippen LogP contribution in [0.5, 0.6) is 0 Å². The molecule has 0 fully saturated rings. The molecule has 0 bridgehead atoms. The third-order valence-corrected chi connectivity index (χ3v) is 0.709. The van der Waals surface area contributed by atoms with Crippen molar-refractivity contribution in [2.24, 2.45) is 5.92 Å². The van der Waals surface area contributed by atoms with Crippen LogP contribution in [0.4, 0.5) is 0 Å². The normalized spacial score (nSPS) is 10.7. The fourth-order valence-electron chi connectivity index (χ4n) is 0.380. The van der Waals surface area contributed by atoms with Gasteiger partial charge in [0.05, 0.1) is 6.61 Å². The zero-order valence-corrected chi connectivity index (χ0v) is 5.96. The van der Waals surface area contributed by atoms with Crippen molar-refractivity contribution in [2.75, 3.05) is 20.2 Å². The lowest BCUT2D eigenvalue weighted by molar-refractivity contribution is -0.112. The highest BCUT2D eigenvalue weighted by Crippen LogP contribution is 1.91. The van der Waals surface area contributed by atoms with Crippen LogP contribution >= 0.6 is 0 Å². The summed E-state index contributed by atoms with van der Waals surface area (Å²) < 4.78 is 9.47. The number of aliphatic hydroxyl groups excluding tert-OH is 1. The molecule has 0 amide bonds. The topological polar surface area (TPSA) is 38.7 Å². The Morgan fingerprint density at radius 2 is 2.00 bits per heavy atom. The Morgan fingerprint density at radius 1 is 1.33 bits per heavy atom. The Labute approximate surface area is 55.6 Å². The Morgan fingerprint density at radius 3 is 2.44 bits per heavy atom. The van der Waals surface area contributed by atoms with Crippen LogP contribution in [0.1, 0.15) is 13.8 Å². The van der Waals surface area contributed by atoms with Crippen LogP contribution in [0, 0.1) is 5.92 Å². The van der Waals surface area contributed by atoms with Crippen molar-refractivity contribution in [3.63, 3.8) is 0 Å². The largest absolute Gasteiger partial charge is 0.371 e. The average Bonchev–Trinajstić information content (AvgIpc) is 1.80. The third kappa shape index (κ3) is 7.88. The zero-order valence-electron chi connectivity index (χ0n) is 5.96. The first-order chi connectivity index (χ1) is 4.27. The average molecular weight is 134 g/mol. The number of ether oxygens (including phenoxy) is 2. The monoisotopic (exact) mass is 134 g/mol. The summed E-state index contributed by atoms with van der Waals surface area (Å²) in [5, 5.41) is 8.13. The van der Waals surface area contributed by atoms with Crippen molar-refractivity contribution < 1.29 is 14.6 Å². The first-order valence-corrected chi connectivity index (χ1v) is 3.03. The smallest absolute Gasteiger partial charge is 0.149 e. The quantitative estimate of drug-likeness (QED) is 0.441. The fraction of sp³-hybridized carbons (Fsp3) is 1.00. The summed E-state index contributed by atoms with van der Waals surface area (Å²) in [5.41, 5.74) is 0. The second-order valence-electron chi connectivity index (χ2n) is 2.22. The molecule has 0 saturated carbocycles. The SMILES string of the molecule is CC(C)COCOCO. The molecule has 56 valence electrons. The fourth-order valence-corrected chi connectivity index (χ4v) is 0.380. The van der Waals surface area contributed by atoms with E-state index in [1.54, 1.807) is 0 Å². The van der Waals surface area contributed by atoms with Gasteiger partial charge in [0.1, 0.15) is 13.6 Å². The van der Waals surface area contributed by atoms with Gasteiger partial charge in [0.2, 0.25) is 0 Å². The van der Waals surface area contributed by atoms with Gasteiger partial charge in [-0.2, -0.15) is 0 Å². The second-order valence-corrected chi connectivity index (χ2v) is 2.22. The van der Waals surface area contributed by atoms with E-state index in [1.807, 2.05) is 0 Å². The molecule has 3 nitrogen and oxygen atoms in total. The minimum atomic E-state index is -0.266. The molecule has 0 aromatic heterocycles. The van der Waals surface area contributed by atoms with E-state index < -0.39 is 0 Å². The molecule has 0 atom stereocenters. The first kappa shape index (κ1) is 8.88. The van der Waals surface area contributed by atoms with E-state index in [4.69, 9.17) is 9.84 Å². The van der Waals surface area contributed by atoms with Crippen molar-refractivity contribution in [1.29, 1.82) is 0 Å².